The van der Waals surface area contributed by atoms with Gasteiger partial charge in [-0.15, -0.1) is 10.2 Å². The Bertz CT molecular complexity index is 276. The summed E-state index contributed by atoms with van der Waals surface area (Å²) in [6.07, 6.45) is 5.42. The van der Waals surface area contributed by atoms with Crippen molar-refractivity contribution in [2.45, 2.75) is 36.1 Å². The molecule has 1 aliphatic rings. The zero-order chi connectivity index (χ0) is 10.5. The Morgan fingerprint density at radius 3 is 3.27 bits per heavy atom. The summed E-state index contributed by atoms with van der Waals surface area (Å²) >= 11 is 3.48. The maximum absolute atomic E-state index is 4.04. The summed E-state index contributed by atoms with van der Waals surface area (Å²) < 4.78 is 1.11. The molecule has 0 N–H and O–H groups in total. The van der Waals surface area contributed by atoms with Crippen molar-refractivity contribution >= 4 is 23.1 Å². The van der Waals surface area contributed by atoms with Crippen molar-refractivity contribution < 1.29 is 0 Å². The maximum Gasteiger partial charge on any atom is 0.174 e. The quantitative estimate of drug-likeness (QED) is 0.760. The molecule has 1 aromatic rings. The lowest BCUT2D eigenvalue weighted by Crippen LogP contribution is -2.36. The number of aromatic nitrogens is 2. The Morgan fingerprint density at radius 2 is 2.53 bits per heavy atom. The minimum atomic E-state index is 0.791. The molecule has 84 valence electrons. The van der Waals surface area contributed by atoms with Gasteiger partial charge < -0.3 is 4.90 Å². The van der Waals surface area contributed by atoms with Crippen molar-refractivity contribution in [2.75, 3.05) is 19.3 Å². The van der Waals surface area contributed by atoms with Gasteiger partial charge in [0.1, 0.15) is 5.51 Å². The molecule has 1 aromatic heterocycles. The Balaban J connectivity index is 1.68. The smallest absolute Gasteiger partial charge is 0.174 e. The SMILES string of the molecule is CN1CCCC[C@@H]1CCSc1nncs1. The molecule has 0 aromatic carbocycles. The highest BCUT2D eigenvalue weighted by molar-refractivity contribution is 8.00. The second-order valence-electron chi connectivity index (χ2n) is 3.97. The third-order valence-corrected chi connectivity index (χ3v) is 4.83. The van der Waals surface area contributed by atoms with Gasteiger partial charge in [0.05, 0.1) is 0 Å². The topological polar surface area (TPSA) is 29.0 Å². The molecule has 0 spiro atoms. The van der Waals surface area contributed by atoms with Crippen LogP contribution >= 0.6 is 23.1 Å². The average Bonchev–Trinajstić information content (AvgIpc) is 2.74. The third kappa shape index (κ3) is 3.43. The van der Waals surface area contributed by atoms with Crippen molar-refractivity contribution in [1.82, 2.24) is 15.1 Å². The summed E-state index contributed by atoms with van der Waals surface area (Å²) in [7, 11) is 2.25. The van der Waals surface area contributed by atoms with E-state index in [1.54, 1.807) is 16.8 Å². The van der Waals surface area contributed by atoms with Crippen molar-refractivity contribution in [3.63, 3.8) is 0 Å². The Labute approximate surface area is 99.3 Å². The molecular formula is C10H17N3S2. The normalized spacial score (nSPS) is 23.1. The molecular weight excluding hydrogens is 226 g/mol. The second kappa shape index (κ2) is 5.82. The molecule has 1 aliphatic heterocycles. The predicted molar refractivity (Wildman–Crippen MR) is 65.5 cm³/mol. The highest BCUT2D eigenvalue weighted by Gasteiger charge is 2.18. The molecule has 5 heteroatoms. The predicted octanol–water partition coefficient (Wildman–Crippen LogP) is 2.50. The lowest BCUT2D eigenvalue weighted by Gasteiger charge is -2.32. The zero-order valence-corrected chi connectivity index (χ0v) is 10.7. The lowest BCUT2D eigenvalue weighted by atomic mass is 10.0. The van der Waals surface area contributed by atoms with Crippen LogP contribution in [0.3, 0.4) is 0 Å². The van der Waals surface area contributed by atoms with Crippen LogP contribution < -0.4 is 0 Å². The first kappa shape index (κ1) is 11.4. The van der Waals surface area contributed by atoms with Crippen LogP contribution in [0.1, 0.15) is 25.7 Å². The number of hydrogen-bond donors (Lipinski definition) is 0. The molecule has 0 radical (unpaired) electrons. The molecule has 3 nitrogen and oxygen atoms in total. The van der Waals surface area contributed by atoms with Gasteiger partial charge in [-0.05, 0) is 32.9 Å². The molecule has 0 unspecified atom stereocenters. The van der Waals surface area contributed by atoms with Crippen LogP contribution in [-0.4, -0.2) is 40.5 Å². The van der Waals surface area contributed by atoms with Gasteiger partial charge in [0.25, 0.3) is 0 Å². The van der Waals surface area contributed by atoms with Gasteiger partial charge in [-0.1, -0.05) is 29.5 Å². The first-order valence-electron chi connectivity index (χ1n) is 5.45. The number of hydrogen-bond acceptors (Lipinski definition) is 5. The molecule has 2 rings (SSSR count). The van der Waals surface area contributed by atoms with Crippen molar-refractivity contribution in [3.8, 4) is 0 Å². The van der Waals surface area contributed by atoms with Crippen LogP contribution in [0.25, 0.3) is 0 Å². The van der Waals surface area contributed by atoms with E-state index < -0.39 is 0 Å². The van der Waals surface area contributed by atoms with Gasteiger partial charge in [-0.3, -0.25) is 0 Å². The van der Waals surface area contributed by atoms with Gasteiger partial charge in [0, 0.05) is 11.8 Å². The molecule has 0 amide bonds. The van der Waals surface area contributed by atoms with Gasteiger partial charge >= 0.3 is 0 Å². The fourth-order valence-corrected chi connectivity index (χ4v) is 3.62. The number of rotatable bonds is 4. The first-order valence-corrected chi connectivity index (χ1v) is 7.32. The molecule has 0 saturated carbocycles. The van der Waals surface area contributed by atoms with Crippen LogP contribution in [0, 0.1) is 0 Å². The van der Waals surface area contributed by atoms with Crippen LogP contribution in [0.4, 0.5) is 0 Å². The fraction of sp³-hybridized carbons (Fsp3) is 0.800. The van der Waals surface area contributed by atoms with Gasteiger partial charge in [-0.25, -0.2) is 0 Å². The minimum Gasteiger partial charge on any atom is -0.303 e. The summed E-state index contributed by atoms with van der Waals surface area (Å²) in [6, 6.07) is 0.791. The van der Waals surface area contributed by atoms with E-state index >= 15 is 0 Å². The fourth-order valence-electron chi connectivity index (χ4n) is 2.02. The van der Waals surface area contributed by atoms with E-state index in [1.807, 2.05) is 11.8 Å². The molecule has 15 heavy (non-hydrogen) atoms. The average molecular weight is 243 g/mol. The Hall–Kier alpha value is -0.130. The van der Waals surface area contributed by atoms with Crippen molar-refractivity contribution in [2.24, 2.45) is 0 Å². The Kier molecular flexibility index (Phi) is 4.41. The van der Waals surface area contributed by atoms with Gasteiger partial charge in [-0.2, -0.15) is 0 Å². The Morgan fingerprint density at radius 1 is 1.60 bits per heavy atom. The summed E-state index contributed by atoms with van der Waals surface area (Å²) in [5.74, 6) is 1.17. The standard InChI is InChI=1S/C10H17N3S2/c1-13-6-3-2-4-9(13)5-7-14-10-12-11-8-15-10/h8-9H,2-7H2,1H3/t9-/m1/s1. The van der Waals surface area contributed by atoms with Crippen LogP contribution in [-0.2, 0) is 0 Å². The van der Waals surface area contributed by atoms with Crippen LogP contribution in [0.15, 0.2) is 9.85 Å². The van der Waals surface area contributed by atoms with E-state index in [0.29, 0.717) is 0 Å². The summed E-state index contributed by atoms with van der Waals surface area (Å²) in [5, 5.41) is 7.88. The minimum absolute atomic E-state index is 0.791. The summed E-state index contributed by atoms with van der Waals surface area (Å²) in [5.41, 5.74) is 1.80. The molecule has 2 heterocycles. The molecule has 0 bridgehead atoms. The molecule has 0 aliphatic carbocycles. The lowest BCUT2D eigenvalue weighted by molar-refractivity contribution is 0.182. The highest BCUT2D eigenvalue weighted by atomic mass is 32.2. The van der Waals surface area contributed by atoms with Crippen molar-refractivity contribution in [1.29, 1.82) is 0 Å². The van der Waals surface area contributed by atoms with E-state index in [1.165, 1.54) is 38.0 Å². The molecule has 1 saturated heterocycles. The molecule has 1 atom stereocenters. The van der Waals surface area contributed by atoms with E-state index in [4.69, 9.17) is 0 Å². The summed E-state index contributed by atoms with van der Waals surface area (Å²) in [4.78, 5) is 2.50. The van der Waals surface area contributed by atoms with Gasteiger partial charge in [0.15, 0.2) is 4.34 Å². The zero-order valence-electron chi connectivity index (χ0n) is 9.06. The number of piperidine rings is 1. The largest absolute Gasteiger partial charge is 0.303 e. The maximum atomic E-state index is 4.04. The van der Waals surface area contributed by atoms with E-state index in [-0.39, 0.29) is 0 Å². The van der Waals surface area contributed by atoms with Crippen LogP contribution in [0.5, 0.6) is 0 Å². The van der Waals surface area contributed by atoms with Crippen LogP contribution in [0.2, 0.25) is 0 Å². The van der Waals surface area contributed by atoms with Gasteiger partial charge in [0.2, 0.25) is 0 Å². The third-order valence-electron chi connectivity index (χ3n) is 2.94. The molecule has 1 fully saturated rings. The van der Waals surface area contributed by atoms with E-state index in [0.717, 1.165) is 10.4 Å². The van der Waals surface area contributed by atoms with Crippen molar-refractivity contribution in [3.05, 3.63) is 5.51 Å². The second-order valence-corrected chi connectivity index (χ2v) is 6.15. The summed E-state index contributed by atoms with van der Waals surface area (Å²) in [6.45, 7) is 1.27. The van der Waals surface area contributed by atoms with E-state index in [9.17, 15) is 0 Å². The van der Waals surface area contributed by atoms with E-state index in [2.05, 4.69) is 22.1 Å². The monoisotopic (exact) mass is 243 g/mol. The number of nitrogens with zero attached hydrogens (tertiary/aromatic N) is 3. The number of likely N-dealkylation sites (tertiary alicyclic amines) is 1. The number of thioether (sulfide) groups is 1. The highest BCUT2D eigenvalue weighted by Crippen LogP contribution is 2.24. The first-order chi connectivity index (χ1) is 7.36.